The van der Waals surface area contributed by atoms with E-state index in [1.807, 2.05) is 6.07 Å². The van der Waals surface area contributed by atoms with Crippen LogP contribution in [0.5, 0.6) is 0 Å². The van der Waals surface area contributed by atoms with Gasteiger partial charge in [-0.15, -0.1) is 0 Å². The summed E-state index contributed by atoms with van der Waals surface area (Å²) in [5.74, 6) is 0.551. The molecule has 6 aromatic rings. The zero-order valence-corrected chi connectivity index (χ0v) is 24.3. The van der Waals surface area contributed by atoms with Gasteiger partial charge in [-0.3, -0.25) is 0 Å². The van der Waals surface area contributed by atoms with Gasteiger partial charge in [0, 0.05) is 28.4 Å². The van der Waals surface area contributed by atoms with Crippen molar-refractivity contribution in [3.63, 3.8) is 0 Å². The van der Waals surface area contributed by atoms with Crippen molar-refractivity contribution in [1.29, 1.82) is 0 Å². The van der Waals surface area contributed by atoms with Crippen LogP contribution < -0.4 is 10.2 Å². The fourth-order valence-electron chi connectivity index (χ4n) is 5.86. The highest BCUT2D eigenvalue weighted by molar-refractivity contribution is 5.90. The average molecular weight is 555 g/mol. The van der Waals surface area contributed by atoms with Gasteiger partial charge in [-0.05, 0) is 106 Å². The number of hydrogen-bond acceptors (Lipinski definition) is 2. The SMILES string of the molecule is CC1C=C(c2cccc(N(c3ccc(Nc4ccc(-c5ccccc5)cc4)cc3)c3ccc4ccccc4c3)c2)C=CC1. The number of benzene rings is 6. The highest BCUT2D eigenvalue weighted by Gasteiger charge is 2.15. The molecule has 0 bridgehead atoms. The van der Waals surface area contributed by atoms with Crippen molar-refractivity contribution in [2.45, 2.75) is 13.3 Å². The largest absolute Gasteiger partial charge is 0.356 e. The second kappa shape index (κ2) is 11.9. The quantitative estimate of drug-likeness (QED) is 0.211. The summed E-state index contributed by atoms with van der Waals surface area (Å²) >= 11 is 0. The number of hydrogen-bond donors (Lipinski definition) is 1. The molecule has 0 heterocycles. The Morgan fingerprint density at radius 3 is 1.93 bits per heavy atom. The van der Waals surface area contributed by atoms with Gasteiger partial charge >= 0.3 is 0 Å². The molecule has 1 aliphatic rings. The summed E-state index contributed by atoms with van der Waals surface area (Å²) in [6, 6.07) is 52.0. The van der Waals surface area contributed by atoms with E-state index >= 15 is 0 Å². The van der Waals surface area contributed by atoms with Crippen LogP contribution in [0.15, 0.2) is 164 Å². The maximum absolute atomic E-state index is 3.58. The first-order valence-corrected chi connectivity index (χ1v) is 15.0. The van der Waals surface area contributed by atoms with Gasteiger partial charge in [-0.2, -0.15) is 0 Å². The molecule has 1 N–H and O–H groups in total. The fraction of sp³-hybridized carbons (Fsp3) is 0.0732. The Kier molecular flexibility index (Phi) is 7.33. The van der Waals surface area contributed by atoms with Crippen LogP contribution >= 0.6 is 0 Å². The molecular weight excluding hydrogens is 520 g/mol. The first kappa shape index (κ1) is 26.6. The molecule has 208 valence electrons. The summed E-state index contributed by atoms with van der Waals surface area (Å²) in [4.78, 5) is 2.35. The maximum Gasteiger partial charge on any atom is 0.0468 e. The zero-order valence-electron chi connectivity index (χ0n) is 24.3. The molecule has 0 fully saturated rings. The van der Waals surface area contributed by atoms with E-state index in [1.165, 1.54) is 33.0 Å². The van der Waals surface area contributed by atoms with Gasteiger partial charge in [-0.25, -0.2) is 0 Å². The average Bonchev–Trinajstić information content (AvgIpc) is 3.06. The first-order chi connectivity index (χ1) is 21.2. The molecule has 1 atom stereocenters. The van der Waals surface area contributed by atoms with E-state index < -0.39 is 0 Å². The lowest BCUT2D eigenvalue weighted by Crippen LogP contribution is -2.10. The lowest BCUT2D eigenvalue weighted by Gasteiger charge is -2.27. The maximum atomic E-state index is 3.58. The topological polar surface area (TPSA) is 15.3 Å². The van der Waals surface area contributed by atoms with Crippen LogP contribution in [0.2, 0.25) is 0 Å². The molecule has 0 saturated carbocycles. The molecule has 0 spiro atoms. The number of rotatable bonds is 7. The Hall–Kier alpha value is -5.34. The molecule has 2 heteroatoms. The van der Waals surface area contributed by atoms with Gasteiger partial charge in [0.15, 0.2) is 0 Å². The van der Waals surface area contributed by atoms with Crippen LogP contribution in [0.3, 0.4) is 0 Å². The van der Waals surface area contributed by atoms with Crippen molar-refractivity contribution in [3.8, 4) is 11.1 Å². The Bertz CT molecular complexity index is 1920. The van der Waals surface area contributed by atoms with Gasteiger partial charge in [0.05, 0.1) is 0 Å². The summed E-state index contributed by atoms with van der Waals surface area (Å²) in [6.45, 7) is 2.28. The lowest BCUT2D eigenvalue weighted by molar-refractivity contribution is 0.740. The minimum Gasteiger partial charge on any atom is -0.356 e. The highest BCUT2D eigenvalue weighted by Crippen LogP contribution is 2.38. The van der Waals surface area contributed by atoms with Crippen LogP contribution in [0.25, 0.3) is 27.5 Å². The Balaban J connectivity index is 1.21. The van der Waals surface area contributed by atoms with Gasteiger partial charge in [-0.1, -0.05) is 110 Å². The van der Waals surface area contributed by atoms with E-state index in [-0.39, 0.29) is 0 Å². The molecule has 0 aromatic heterocycles. The molecule has 6 aromatic carbocycles. The summed E-state index contributed by atoms with van der Waals surface area (Å²) in [7, 11) is 0. The van der Waals surface area contributed by atoms with Crippen molar-refractivity contribution in [2.24, 2.45) is 5.92 Å². The van der Waals surface area contributed by atoms with E-state index in [4.69, 9.17) is 0 Å². The molecule has 1 unspecified atom stereocenters. The normalized spacial score (nSPS) is 14.3. The third kappa shape index (κ3) is 5.86. The summed E-state index contributed by atoms with van der Waals surface area (Å²) in [5, 5.41) is 6.04. The third-order valence-electron chi connectivity index (χ3n) is 8.10. The first-order valence-electron chi connectivity index (χ1n) is 15.0. The lowest BCUT2D eigenvalue weighted by atomic mass is 9.93. The van der Waals surface area contributed by atoms with Crippen LogP contribution in [-0.4, -0.2) is 0 Å². The third-order valence-corrected chi connectivity index (χ3v) is 8.10. The highest BCUT2D eigenvalue weighted by atomic mass is 15.1. The van der Waals surface area contributed by atoms with Crippen molar-refractivity contribution in [3.05, 3.63) is 169 Å². The molecule has 2 nitrogen and oxygen atoms in total. The molecule has 7 rings (SSSR count). The number of nitrogens with one attached hydrogen (secondary N) is 1. The number of allylic oxidation sites excluding steroid dienone is 4. The van der Waals surface area contributed by atoms with E-state index in [1.54, 1.807) is 0 Å². The monoisotopic (exact) mass is 554 g/mol. The molecule has 1 aliphatic carbocycles. The molecule has 43 heavy (non-hydrogen) atoms. The Morgan fingerprint density at radius 2 is 1.16 bits per heavy atom. The molecule has 0 radical (unpaired) electrons. The number of anilines is 5. The standard InChI is InChI=1S/C41H34N2/c1-30-9-7-14-34(27-30)36-15-8-16-40(29-36)43(41-24-19-32-12-5-6-13-35(32)28-41)39-25-22-38(23-26-39)42-37-20-17-33(18-21-37)31-10-3-2-4-11-31/h2-8,10-30,42H,9H2,1H3. The number of nitrogens with zero attached hydrogens (tertiary/aromatic N) is 1. The molecule has 0 aliphatic heterocycles. The zero-order chi connectivity index (χ0) is 29.0. The van der Waals surface area contributed by atoms with Crippen molar-refractivity contribution in [1.82, 2.24) is 0 Å². The van der Waals surface area contributed by atoms with Gasteiger partial charge in [0.1, 0.15) is 0 Å². The van der Waals surface area contributed by atoms with Gasteiger partial charge in [0.2, 0.25) is 0 Å². The van der Waals surface area contributed by atoms with E-state index in [0.29, 0.717) is 5.92 Å². The van der Waals surface area contributed by atoms with E-state index in [0.717, 1.165) is 34.9 Å². The minimum atomic E-state index is 0.551. The smallest absolute Gasteiger partial charge is 0.0468 e. The molecular formula is C41H34N2. The fourth-order valence-corrected chi connectivity index (χ4v) is 5.86. The predicted octanol–water partition coefficient (Wildman–Crippen LogP) is 11.7. The van der Waals surface area contributed by atoms with Crippen LogP contribution in [0.1, 0.15) is 18.9 Å². The molecule has 0 amide bonds. The van der Waals surface area contributed by atoms with Crippen molar-refractivity contribution >= 4 is 44.8 Å². The predicted molar refractivity (Wildman–Crippen MR) is 185 cm³/mol. The minimum absolute atomic E-state index is 0.551. The summed E-state index contributed by atoms with van der Waals surface area (Å²) < 4.78 is 0. The summed E-state index contributed by atoms with van der Waals surface area (Å²) in [6.07, 6.45) is 8.03. The van der Waals surface area contributed by atoms with Crippen molar-refractivity contribution in [2.75, 3.05) is 10.2 Å². The second-order valence-electron chi connectivity index (χ2n) is 11.3. The van der Waals surface area contributed by atoms with Crippen LogP contribution in [0, 0.1) is 5.92 Å². The van der Waals surface area contributed by atoms with Gasteiger partial charge in [0.25, 0.3) is 0 Å². The van der Waals surface area contributed by atoms with Gasteiger partial charge < -0.3 is 10.2 Å². The second-order valence-corrected chi connectivity index (χ2v) is 11.3. The van der Waals surface area contributed by atoms with Crippen LogP contribution in [0.4, 0.5) is 28.4 Å². The molecule has 0 saturated heterocycles. The van der Waals surface area contributed by atoms with Crippen molar-refractivity contribution < 1.29 is 0 Å². The van der Waals surface area contributed by atoms with Crippen LogP contribution in [-0.2, 0) is 0 Å². The summed E-state index contributed by atoms with van der Waals surface area (Å²) in [5.41, 5.74) is 10.5. The van der Waals surface area contributed by atoms with E-state index in [9.17, 15) is 0 Å². The Morgan fingerprint density at radius 1 is 0.535 bits per heavy atom. The van der Waals surface area contributed by atoms with E-state index in [2.05, 4.69) is 175 Å². The Labute approximate surface area is 254 Å². The number of fused-ring (bicyclic) bond motifs is 1.